The Morgan fingerprint density at radius 2 is 2.00 bits per heavy atom. The SMILES string of the molecule is O=C(CC1CCCC1)Nc1cnc(-c2ccnc(-c3ccco3)c2)cn1. The molecule has 3 heterocycles. The second-order valence-corrected chi connectivity index (χ2v) is 6.60. The van der Waals surface area contributed by atoms with Crippen molar-refractivity contribution in [3.8, 4) is 22.7 Å². The minimum Gasteiger partial charge on any atom is -0.463 e. The van der Waals surface area contributed by atoms with Crippen LogP contribution in [0, 0.1) is 5.92 Å². The third kappa shape index (κ3) is 3.79. The number of anilines is 1. The zero-order valence-electron chi connectivity index (χ0n) is 14.4. The van der Waals surface area contributed by atoms with Crippen LogP contribution in [0.2, 0.25) is 0 Å². The molecule has 0 atom stereocenters. The van der Waals surface area contributed by atoms with Crippen molar-refractivity contribution in [2.24, 2.45) is 5.92 Å². The van der Waals surface area contributed by atoms with Crippen LogP contribution in [0.4, 0.5) is 5.82 Å². The highest BCUT2D eigenvalue weighted by molar-refractivity contribution is 5.89. The normalized spacial score (nSPS) is 14.5. The van der Waals surface area contributed by atoms with E-state index >= 15 is 0 Å². The molecule has 1 aliphatic rings. The van der Waals surface area contributed by atoms with Crippen LogP contribution in [0.25, 0.3) is 22.7 Å². The lowest BCUT2D eigenvalue weighted by molar-refractivity contribution is -0.117. The summed E-state index contributed by atoms with van der Waals surface area (Å²) in [6, 6.07) is 7.46. The molecule has 3 aromatic rings. The van der Waals surface area contributed by atoms with Crippen LogP contribution in [-0.2, 0) is 4.79 Å². The van der Waals surface area contributed by atoms with E-state index in [1.54, 1.807) is 24.9 Å². The highest BCUT2D eigenvalue weighted by Crippen LogP contribution is 2.28. The van der Waals surface area contributed by atoms with Gasteiger partial charge in [0.1, 0.15) is 5.69 Å². The van der Waals surface area contributed by atoms with Gasteiger partial charge in [0, 0.05) is 18.2 Å². The summed E-state index contributed by atoms with van der Waals surface area (Å²) < 4.78 is 5.38. The molecule has 0 saturated heterocycles. The molecule has 3 aromatic heterocycles. The summed E-state index contributed by atoms with van der Waals surface area (Å²) in [6.07, 6.45) is 11.9. The van der Waals surface area contributed by atoms with E-state index in [2.05, 4.69) is 20.3 Å². The molecule has 1 amide bonds. The van der Waals surface area contributed by atoms with Crippen LogP contribution in [-0.4, -0.2) is 20.9 Å². The van der Waals surface area contributed by atoms with Gasteiger partial charge < -0.3 is 9.73 Å². The van der Waals surface area contributed by atoms with E-state index in [0.29, 0.717) is 29.6 Å². The summed E-state index contributed by atoms with van der Waals surface area (Å²) in [7, 11) is 0. The minimum absolute atomic E-state index is 0.0166. The number of hydrogen-bond acceptors (Lipinski definition) is 5. The van der Waals surface area contributed by atoms with Gasteiger partial charge in [0.25, 0.3) is 0 Å². The summed E-state index contributed by atoms with van der Waals surface area (Å²) in [5.74, 6) is 1.72. The van der Waals surface area contributed by atoms with Gasteiger partial charge in [-0.3, -0.25) is 14.8 Å². The maximum Gasteiger partial charge on any atom is 0.225 e. The molecule has 1 saturated carbocycles. The second-order valence-electron chi connectivity index (χ2n) is 6.60. The van der Waals surface area contributed by atoms with Gasteiger partial charge >= 0.3 is 0 Å². The number of rotatable bonds is 5. The van der Waals surface area contributed by atoms with Crippen molar-refractivity contribution in [2.75, 3.05) is 5.32 Å². The Morgan fingerprint density at radius 1 is 1.12 bits per heavy atom. The lowest BCUT2D eigenvalue weighted by Crippen LogP contribution is -2.16. The van der Waals surface area contributed by atoms with E-state index in [1.807, 2.05) is 24.3 Å². The predicted octanol–water partition coefficient (Wildman–Crippen LogP) is 4.32. The molecule has 132 valence electrons. The Morgan fingerprint density at radius 3 is 2.73 bits per heavy atom. The van der Waals surface area contributed by atoms with Gasteiger partial charge in [-0.2, -0.15) is 0 Å². The number of pyridine rings is 1. The van der Waals surface area contributed by atoms with E-state index in [1.165, 1.54) is 12.8 Å². The maximum atomic E-state index is 12.1. The van der Waals surface area contributed by atoms with E-state index in [-0.39, 0.29) is 5.91 Å². The van der Waals surface area contributed by atoms with Crippen molar-refractivity contribution in [3.05, 3.63) is 49.1 Å². The first-order valence-corrected chi connectivity index (χ1v) is 8.90. The molecule has 0 aliphatic heterocycles. The van der Waals surface area contributed by atoms with Gasteiger partial charge in [0.05, 0.1) is 24.4 Å². The third-order valence-electron chi connectivity index (χ3n) is 4.70. The van der Waals surface area contributed by atoms with Crippen molar-refractivity contribution in [1.82, 2.24) is 15.0 Å². The Labute approximate surface area is 151 Å². The predicted molar refractivity (Wildman–Crippen MR) is 98.2 cm³/mol. The zero-order valence-corrected chi connectivity index (χ0v) is 14.4. The molecule has 1 aliphatic carbocycles. The van der Waals surface area contributed by atoms with Crippen molar-refractivity contribution >= 4 is 11.7 Å². The average Bonchev–Trinajstić information content (AvgIpc) is 3.36. The van der Waals surface area contributed by atoms with Crippen LogP contribution in [0.1, 0.15) is 32.1 Å². The van der Waals surface area contributed by atoms with Crippen LogP contribution < -0.4 is 5.32 Å². The first-order valence-electron chi connectivity index (χ1n) is 8.90. The van der Waals surface area contributed by atoms with E-state index < -0.39 is 0 Å². The Kier molecular flexibility index (Phi) is 4.73. The number of aromatic nitrogens is 3. The standard InChI is InChI=1S/C20H20N4O2/c25-20(10-14-4-1-2-5-14)24-19-13-22-17(12-23-19)15-7-8-21-16(11-15)18-6-3-9-26-18/h3,6-9,11-14H,1-2,4-5,10H2,(H,23,24,25). The van der Waals surface area contributed by atoms with E-state index in [0.717, 1.165) is 24.1 Å². The number of carbonyl (C=O) groups excluding carboxylic acids is 1. The van der Waals surface area contributed by atoms with Crippen LogP contribution in [0.15, 0.2) is 53.5 Å². The van der Waals surface area contributed by atoms with Gasteiger partial charge in [-0.05, 0) is 43.0 Å². The third-order valence-corrected chi connectivity index (χ3v) is 4.70. The van der Waals surface area contributed by atoms with Crippen molar-refractivity contribution in [3.63, 3.8) is 0 Å². The number of furan rings is 1. The summed E-state index contributed by atoms with van der Waals surface area (Å²) >= 11 is 0. The largest absolute Gasteiger partial charge is 0.463 e. The molecule has 0 bridgehead atoms. The monoisotopic (exact) mass is 348 g/mol. The first kappa shape index (κ1) is 16.4. The quantitative estimate of drug-likeness (QED) is 0.743. The Balaban J connectivity index is 1.44. The maximum absolute atomic E-state index is 12.1. The average molecular weight is 348 g/mol. The first-order chi connectivity index (χ1) is 12.8. The molecule has 0 radical (unpaired) electrons. The molecule has 0 unspecified atom stereocenters. The number of hydrogen-bond donors (Lipinski definition) is 1. The smallest absolute Gasteiger partial charge is 0.225 e. The molecule has 1 N–H and O–H groups in total. The van der Waals surface area contributed by atoms with Crippen LogP contribution >= 0.6 is 0 Å². The summed E-state index contributed by atoms with van der Waals surface area (Å²) in [5, 5.41) is 2.84. The molecule has 0 aromatic carbocycles. The van der Waals surface area contributed by atoms with Gasteiger partial charge in [0.15, 0.2) is 11.6 Å². The van der Waals surface area contributed by atoms with Gasteiger partial charge in [-0.1, -0.05) is 12.8 Å². The molecule has 1 fully saturated rings. The number of nitrogens with one attached hydrogen (secondary N) is 1. The Hall–Kier alpha value is -3.02. The van der Waals surface area contributed by atoms with Crippen molar-refractivity contribution in [2.45, 2.75) is 32.1 Å². The summed E-state index contributed by atoms with van der Waals surface area (Å²) in [4.78, 5) is 25.2. The summed E-state index contributed by atoms with van der Waals surface area (Å²) in [5.41, 5.74) is 2.35. The van der Waals surface area contributed by atoms with Crippen LogP contribution in [0.3, 0.4) is 0 Å². The molecule has 6 heteroatoms. The number of carbonyl (C=O) groups is 1. The minimum atomic E-state index is 0.0166. The van der Waals surface area contributed by atoms with Gasteiger partial charge in [-0.25, -0.2) is 4.98 Å². The molecular formula is C20H20N4O2. The van der Waals surface area contributed by atoms with Gasteiger partial charge in [0.2, 0.25) is 5.91 Å². The fourth-order valence-corrected chi connectivity index (χ4v) is 3.36. The molecule has 26 heavy (non-hydrogen) atoms. The molecule has 6 nitrogen and oxygen atoms in total. The highest BCUT2D eigenvalue weighted by Gasteiger charge is 2.18. The highest BCUT2D eigenvalue weighted by atomic mass is 16.3. The molecule has 0 spiro atoms. The Bertz CT molecular complexity index is 869. The number of amides is 1. The van der Waals surface area contributed by atoms with Crippen molar-refractivity contribution in [1.29, 1.82) is 0 Å². The van der Waals surface area contributed by atoms with E-state index in [9.17, 15) is 4.79 Å². The number of nitrogens with zero attached hydrogens (tertiary/aromatic N) is 3. The molecule has 4 rings (SSSR count). The van der Waals surface area contributed by atoms with Gasteiger partial charge in [-0.15, -0.1) is 0 Å². The fourth-order valence-electron chi connectivity index (χ4n) is 3.36. The molecular weight excluding hydrogens is 328 g/mol. The summed E-state index contributed by atoms with van der Waals surface area (Å²) in [6.45, 7) is 0. The lowest BCUT2D eigenvalue weighted by atomic mass is 10.0. The van der Waals surface area contributed by atoms with Crippen molar-refractivity contribution < 1.29 is 9.21 Å². The topological polar surface area (TPSA) is 80.9 Å². The van der Waals surface area contributed by atoms with E-state index in [4.69, 9.17) is 4.42 Å². The zero-order chi connectivity index (χ0) is 17.8. The second kappa shape index (κ2) is 7.47. The lowest BCUT2D eigenvalue weighted by Gasteiger charge is -2.09. The van der Waals surface area contributed by atoms with Crippen LogP contribution in [0.5, 0.6) is 0 Å². The fraction of sp³-hybridized carbons (Fsp3) is 0.300.